The van der Waals surface area contributed by atoms with Crippen molar-refractivity contribution in [1.29, 1.82) is 0 Å². The SMILES string of the molecule is COC(=O)CCCN(C)c1nc2ccccc2n1C. The van der Waals surface area contributed by atoms with Crippen molar-refractivity contribution in [3.63, 3.8) is 0 Å². The highest BCUT2D eigenvalue weighted by Crippen LogP contribution is 2.20. The van der Waals surface area contributed by atoms with Gasteiger partial charge in [-0.25, -0.2) is 4.98 Å². The minimum absolute atomic E-state index is 0.168. The average molecular weight is 261 g/mol. The Kier molecular flexibility index (Phi) is 4.04. The number of esters is 1. The first kappa shape index (κ1) is 13.4. The van der Waals surface area contributed by atoms with Crippen molar-refractivity contribution in [2.75, 3.05) is 25.6 Å². The monoisotopic (exact) mass is 261 g/mol. The molecule has 19 heavy (non-hydrogen) atoms. The van der Waals surface area contributed by atoms with E-state index in [-0.39, 0.29) is 5.97 Å². The van der Waals surface area contributed by atoms with E-state index in [1.807, 2.05) is 38.4 Å². The van der Waals surface area contributed by atoms with Gasteiger partial charge in [0, 0.05) is 27.1 Å². The molecule has 0 bridgehead atoms. The van der Waals surface area contributed by atoms with Crippen LogP contribution in [0.3, 0.4) is 0 Å². The van der Waals surface area contributed by atoms with Crippen LogP contribution in [0.4, 0.5) is 5.95 Å². The van der Waals surface area contributed by atoms with Gasteiger partial charge in [-0.05, 0) is 18.6 Å². The molecule has 0 aliphatic rings. The molecule has 102 valence electrons. The van der Waals surface area contributed by atoms with E-state index < -0.39 is 0 Å². The Bertz CT molecular complexity index is 577. The molecule has 1 heterocycles. The first-order chi connectivity index (χ1) is 9.13. The number of anilines is 1. The third-order valence-corrected chi connectivity index (χ3v) is 3.21. The third kappa shape index (κ3) is 2.86. The van der Waals surface area contributed by atoms with E-state index in [2.05, 4.69) is 19.2 Å². The van der Waals surface area contributed by atoms with Crippen LogP contribution in [0, 0.1) is 0 Å². The fourth-order valence-electron chi connectivity index (χ4n) is 2.14. The first-order valence-electron chi connectivity index (χ1n) is 6.33. The molecule has 1 aromatic carbocycles. The number of para-hydroxylation sites is 2. The Morgan fingerprint density at radius 1 is 1.42 bits per heavy atom. The summed E-state index contributed by atoms with van der Waals surface area (Å²) in [5.74, 6) is 0.740. The zero-order chi connectivity index (χ0) is 13.8. The van der Waals surface area contributed by atoms with Crippen LogP contribution in [0.15, 0.2) is 24.3 Å². The minimum atomic E-state index is -0.168. The van der Waals surface area contributed by atoms with Gasteiger partial charge in [-0.15, -0.1) is 0 Å². The second-order valence-corrected chi connectivity index (χ2v) is 4.56. The highest BCUT2D eigenvalue weighted by atomic mass is 16.5. The van der Waals surface area contributed by atoms with Gasteiger partial charge in [0.25, 0.3) is 0 Å². The number of aromatic nitrogens is 2. The van der Waals surface area contributed by atoms with E-state index in [0.29, 0.717) is 6.42 Å². The molecule has 0 atom stereocenters. The van der Waals surface area contributed by atoms with Crippen LogP contribution >= 0.6 is 0 Å². The highest BCUT2D eigenvalue weighted by molar-refractivity contribution is 5.78. The summed E-state index contributed by atoms with van der Waals surface area (Å²) in [5.41, 5.74) is 2.09. The minimum Gasteiger partial charge on any atom is -0.469 e. The second kappa shape index (κ2) is 5.73. The molecule has 0 amide bonds. The molecule has 0 aliphatic heterocycles. The predicted octanol–water partition coefficient (Wildman–Crippen LogP) is 1.96. The number of rotatable bonds is 5. The lowest BCUT2D eigenvalue weighted by atomic mass is 10.3. The van der Waals surface area contributed by atoms with Gasteiger partial charge < -0.3 is 14.2 Å². The number of carbonyl (C=O) groups excluding carboxylic acids is 1. The molecule has 5 heteroatoms. The Morgan fingerprint density at radius 3 is 2.84 bits per heavy atom. The van der Waals surface area contributed by atoms with Crippen molar-refractivity contribution in [3.05, 3.63) is 24.3 Å². The van der Waals surface area contributed by atoms with Crippen LogP contribution in [0.25, 0.3) is 11.0 Å². The quantitative estimate of drug-likeness (QED) is 0.772. The lowest BCUT2D eigenvalue weighted by Gasteiger charge is -2.17. The number of methoxy groups -OCH3 is 1. The molecule has 0 fully saturated rings. The van der Waals surface area contributed by atoms with Gasteiger partial charge in [-0.2, -0.15) is 0 Å². The molecular weight excluding hydrogens is 242 g/mol. The maximum absolute atomic E-state index is 11.1. The largest absolute Gasteiger partial charge is 0.469 e. The highest BCUT2D eigenvalue weighted by Gasteiger charge is 2.11. The number of nitrogens with zero attached hydrogens (tertiary/aromatic N) is 3. The summed E-state index contributed by atoms with van der Waals surface area (Å²) in [6.07, 6.45) is 1.19. The fourth-order valence-corrected chi connectivity index (χ4v) is 2.14. The number of ether oxygens (including phenoxy) is 1. The molecule has 0 spiro atoms. The van der Waals surface area contributed by atoms with Crippen LogP contribution in [-0.2, 0) is 16.6 Å². The van der Waals surface area contributed by atoms with Crippen LogP contribution in [0.2, 0.25) is 0 Å². The van der Waals surface area contributed by atoms with Crippen molar-refractivity contribution in [1.82, 2.24) is 9.55 Å². The lowest BCUT2D eigenvalue weighted by molar-refractivity contribution is -0.140. The van der Waals surface area contributed by atoms with E-state index in [1.165, 1.54) is 7.11 Å². The summed E-state index contributed by atoms with van der Waals surface area (Å²) < 4.78 is 6.69. The van der Waals surface area contributed by atoms with Crippen molar-refractivity contribution in [2.45, 2.75) is 12.8 Å². The number of carbonyl (C=O) groups is 1. The zero-order valence-electron chi connectivity index (χ0n) is 11.6. The number of aryl methyl sites for hydroxylation is 1. The summed E-state index contributed by atoms with van der Waals surface area (Å²) in [7, 11) is 5.40. The molecule has 0 saturated carbocycles. The van der Waals surface area contributed by atoms with Crippen LogP contribution in [0.1, 0.15) is 12.8 Å². The second-order valence-electron chi connectivity index (χ2n) is 4.56. The molecule has 0 radical (unpaired) electrons. The van der Waals surface area contributed by atoms with Crippen LogP contribution < -0.4 is 4.90 Å². The standard InChI is InChI=1S/C14H19N3O2/c1-16(10-6-9-13(18)19-3)14-15-11-7-4-5-8-12(11)17(14)2/h4-5,7-8H,6,9-10H2,1-3H3. The maximum Gasteiger partial charge on any atom is 0.305 e. The molecule has 1 aromatic heterocycles. The van der Waals surface area contributed by atoms with E-state index in [0.717, 1.165) is 29.9 Å². The third-order valence-electron chi connectivity index (χ3n) is 3.21. The fraction of sp³-hybridized carbons (Fsp3) is 0.429. The molecule has 0 aliphatic carbocycles. The summed E-state index contributed by atoms with van der Waals surface area (Å²) in [4.78, 5) is 17.7. The van der Waals surface area contributed by atoms with Gasteiger partial charge in [0.05, 0.1) is 18.1 Å². The maximum atomic E-state index is 11.1. The summed E-state index contributed by atoms with van der Waals surface area (Å²) in [6.45, 7) is 0.770. The zero-order valence-corrected chi connectivity index (χ0v) is 11.6. The molecule has 5 nitrogen and oxygen atoms in total. The number of hydrogen-bond donors (Lipinski definition) is 0. The Labute approximate surface area is 112 Å². The van der Waals surface area contributed by atoms with Crippen molar-refractivity contribution in [3.8, 4) is 0 Å². The van der Waals surface area contributed by atoms with Gasteiger partial charge >= 0.3 is 5.97 Å². The first-order valence-corrected chi connectivity index (χ1v) is 6.33. The predicted molar refractivity (Wildman–Crippen MR) is 75.2 cm³/mol. The molecular formula is C14H19N3O2. The van der Waals surface area contributed by atoms with E-state index in [9.17, 15) is 4.79 Å². The van der Waals surface area contributed by atoms with E-state index in [1.54, 1.807) is 0 Å². The van der Waals surface area contributed by atoms with Gasteiger partial charge in [0.15, 0.2) is 0 Å². The molecule has 0 saturated heterocycles. The van der Waals surface area contributed by atoms with Crippen molar-refractivity contribution >= 4 is 23.0 Å². The Balaban J connectivity index is 2.07. The number of imidazole rings is 1. The summed E-state index contributed by atoms with van der Waals surface area (Å²) in [5, 5.41) is 0. The smallest absolute Gasteiger partial charge is 0.305 e. The van der Waals surface area contributed by atoms with Crippen molar-refractivity contribution < 1.29 is 9.53 Å². The topological polar surface area (TPSA) is 47.4 Å². The van der Waals surface area contributed by atoms with Gasteiger partial charge in [-0.3, -0.25) is 4.79 Å². The van der Waals surface area contributed by atoms with Crippen LogP contribution in [0.5, 0.6) is 0 Å². The normalized spacial score (nSPS) is 10.7. The Hall–Kier alpha value is -2.04. The molecule has 0 unspecified atom stereocenters. The summed E-state index contributed by atoms with van der Waals surface area (Å²) in [6, 6.07) is 8.04. The van der Waals surface area contributed by atoms with Crippen LogP contribution in [-0.4, -0.2) is 36.2 Å². The number of hydrogen-bond acceptors (Lipinski definition) is 4. The number of benzene rings is 1. The van der Waals surface area contributed by atoms with Crippen molar-refractivity contribution in [2.24, 2.45) is 7.05 Å². The molecule has 2 aromatic rings. The van der Waals surface area contributed by atoms with Gasteiger partial charge in [-0.1, -0.05) is 12.1 Å². The van der Waals surface area contributed by atoms with Gasteiger partial charge in [0.2, 0.25) is 5.95 Å². The Morgan fingerprint density at radius 2 is 2.16 bits per heavy atom. The molecule has 0 N–H and O–H groups in total. The average Bonchev–Trinajstić information content (AvgIpc) is 2.76. The van der Waals surface area contributed by atoms with Gasteiger partial charge in [0.1, 0.15) is 0 Å². The lowest BCUT2D eigenvalue weighted by Crippen LogP contribution is -2.22. The molecule has 2 rings (SSSR count). The number of fused-ring (bicyclic) bond motifs is 1. The van der Waals surface area contributed by atoms with E-state index in [4.69, 9.17) is 0 Å². The summed E-state index contributed by atoms with van der Waals surface area (Å²) >= 11 is 0. The van der Waals surface area contributed by atoms with E-state index >= 15 is 0 Å².